The number of aromatic nitrogens is 1. The van der Waals surface area contributed by atoms with E-state index in [-0.39, 0.29) is 30.5 Å². The lowest BCUT2D eigenvalue weighted by molar-refractivity contribution is -0.142. The fraction of sp³-hybridized carbons (Fsp3) is 0.250. The molecule has 1 unspecified atom stereocenters. The molecule has 9 nitrogen and oxygen atoms in total. The van der Waals surface area contributed by atoms with E-state index in [1.807, 2.05) is 48.5 Å². The van der Waals surface area contributed by atoms with Gasteiger partial charge >= 0.3 is 12.1 Å². The van der Waals surface area contributed by atoms with Crippen LogP contribution in [0.1, 0.15) is 40.9 Å². The highest BCUT2D eigenvalue weighted by molar-refractivity contribution is 5.96. The first-order chi connectivity index (χ1) is 15.9. The predicted molar refractivity (Wildman–Crippen MR) is 119 cm³/mol. The van der Waals surface area contributed by atoms with Gasteiger partial charge in [0.05, 0.1) is 0 Å². The topological polar surface area (TPSA) is 122 Å². The molecule has 2 amide bonds. The maximum atomic E-state index is 12.5. The third-order valence-electron chi connectivity index (χ3n) is 5.76. The SMILES string of the molecule is CCC(C(=O)O)N(C)C(=O)c1cc(NC(=O)OCC2c3ccccc3-c3ccccc32)on1. The Labute approximate surface area is 189 Å². The van der Waals surface area contributed by atoms with E-state index in [1.165, 1.54) is 13.1 Å². The van der Waals surface area contributed by atoms with Gasteiger partial charge in [0.15, 0.2) is 5.69 Å². The van der Waals surface area contributed by atoms with Crippen molar-refractivity contribution in [2.75, 3.05) is 19.0 Å². The molecule has 0 spiro atoms. The van der Waals surface area contributed by atoms with Crippen LogP contribution in [0.5, 0.6) is 0 Å². The van der Waals surface area contributed by atoms with Crippen molar-refractivity contribution < 1.29 is 28.8 Å². The monoisotopic (exact) mass is 449 g/mol. The van der Waals surface area contributed by atoms with Gasteiger partial charge in [0.2, 0.25) is 5.88 Å². The van der Waals surface area contributed by atoms with Crippen molar-refractivity contribution in [3.63, 3.8) is 0 Å². The lowest BCUT2D eigenvalue weighted by Crippen LogP contribution is -2.42. The summed E-state index contributed by atoms with van der Waals surface area (Å²) < 4.78 is 10.4. The van der Waals surface area contributed by atoms with Gasteiger partial charge in [0, 0.05) is 19.0 Å². The number of hydrogen-bond acceptors (Lipinski definition) is 6. The Morgan fingerprint density at radius 1 is 1.12 bits per heavy atom. The molecule has 1 aromatic heterocycles. The van der Waals surface area contributed by atoms with E-state index in [2.05, 4.69) is 10.5 Å². The summed E-state index contributed by atoms with van der Waals surface area (Å²) in [5.74, 6) is -1.92. The fourth-order valence-electron chi connectivity index (χ4n) is 4.11. The van der Waals surface area contributed by atoms with Crippen LogP contribution in [0, 0.1) is 0 Å². The Hall–Kier alpha value is -4.14. The number of hydrogen-bond donors (Lipinski definition) is 2. The standard InChI is InChI=1S/C24H23N3O6/c1-3-20(23(29)30)27(2)22(28)19-12-21(33-26-19)25-24(31)32-13-18-16-10-6-4-8-14(16)15-9-5-7-11-17(15)18/h4-12,18,20H,3,13H2,1-2H3,(H,25,31)(H,29,30). The number of aliphatic carboxylic acids is 1. The summed E-state index contributed by atoms with van der Waals surface area (Å²) in [6, 6.07) is 16.2. The maximum Gasteiger partial charge on any atom is 0.414 e. The number of nitrogens with zero attached hydrogens (tertiary/aromatic N) is 2. The highest BCUT2D eigenvalue weighted by Crippen LogP contribution is 2.44. The molecule has 0 saturated heterocycles. The van der Waals surface area contributed by atoms with Gasteiger partial charge in [-0.05, 0) is 28.7 Å². The van der Waals surface area contributed by atoms with Gasteiger partial charge < -0.3 is 19.3 Å². The number of carboxylic acid groups (broad SMARTS) is 1. The Kier molecular flexibility index (Phi) is 6.12. The Balaban J connectivity index is 1.39. The van der Waals surface area contributed by atoms with Crippen molar-refractivity contribution in [2.45, 2.75) is 25.3 Å². The quantitative estimate of drug-likeness (QED) is 0.560. The molecule has 3 aromatic rings. The van der Waals surface area contributed by atoms with Gasteiger partial charge in [0.1, 0.15) is 12.6 Å². The molecule has 9 heteroatoms. The average molecular weight is 449 g/mol. The zero-order valence-electron chi connectivity index (χ0n) is 18.1. The third kappa shape index (κ3) is 4.30. The first-order valence-corrected chi connectivity index (χ1v) is 10.5. The number of carboxylic acids is 1. The molecule has 33 heavy (non-hydrogen) atoms. The van der Waals surface area contributed by atoms with Gasteiger partial charge in [-0.15, -0.1) is 0 Å². The second kappa shape index (κ2) is 9.15. The van der Waals surface area contributed by atoms with Crippen LogP contribution in [0.4, 0.5) is 10.7 Å². The predicted octanol–water partition coefficient (Wildman–Crippen LogP) is 3.97. The number of carbonyl (C=O) groups is 3. The molecule has 0 aliphatic heterocycles. The summed E-state index contributed by atoms with van der Waals surface area (Å²) in [6.07, 6.45) is -0.516. The highest BCUT2D eigenvalue weighted by Gasteiger charge is 2.30. The number of fused-ring (bicyclic) bond motifs is 3. The minimum absolute atomic E-state index is 0.0765. The number of benzene rings is 2. The summed E-state index contributed by atoms with van der Waals surface area (Å²) in [4.78, 5) is 37.2. The number of ether oxygens (including phenoxy) is 1. The molecule has 4 rings (SSSR count). The zero-order valence-corrected chi connectivity index (χ0v) is 18.1. The normalized spacial score (nSPS) is 13.0. The summed E-state index contributed by atoms with van der Waals surface area (Å²) in [5, 5.41) is 15.3. The first kappa shape index (κ1) is 22.1. The molecule has 0 radical (unpaired) electrons. The van der Waals surface area contributed by atoms with E-state index in [0.29, 0.717) is 0 Å². The largest absolute Gasteiger partial charge is 0.480 e. The van der Waals surface area contributed by atoms with Crippen molar-refractivity contribution in [3.8, 4) is 11.1 Å². The van der Waals surface area contributed by atoms with Gasteiger partial charge in [-0.25, -0.2) is 9.59 Å². The van der Waals surface area contributed by atoms with Crippen LogP contribution in [-0.2, 0) is 9.53 Å². The van der Waals surface area contributed by atoms with Crippen molar-refractivity contribution in [1.29, 1.82) is 0 Å². The number of anilines is 1. The second-order valence-corrected chi connectivity index (χ2v) is 7.71. The number of carbonyl (C=O) groups excluding carboxylic acids is 2. The maximum absolute atomic E-state index is 12.5. The number of likely N-dealkylation sites (N-methyl/N-ethyl adjacent to an activating group) is 1. The van der Waals surface area contributed by atoms with E-state index < -0.39 is 24.0 Å². The molecular weight excluding hydrogens is 426 g/mol. The summed E-state index contributed by atoms with van der Waals surface area (Å²) >= 11 is 0. The molecule has 2 N–H and O–H groups in total. The van der Waals surface area contributed by atoms with Crippen LogP contribution in [0.15, 0.2) is 59.1 Å². The lowest BCUT2D eigenvalue weighted by atomic mass is 9.98. The van der Waals surface area contributed by atoms with Crippen LogP contribution in [0.3, 0.4) is 0 Å². The summed E-state index contributed by atoms with van der Waals surface area (Å²) in [5.41, 5.74) is 4.30. The molecule has 170 valence electrons. The van der Waals surface area contributed by atoms with Gasteiger partial charge in [-0.2, -0.15) is 0 Å². The number of rotatable bonds is 7. The molecule has 1 aliphatic carbocycles. The molecule has 2 aromatic carbocycles. The first-order valence-electron chi connectivity index (χ1n) is 10.5. The lowest BCUT2D eigenvalue weighted by Gasteiger charge is -2.22. The van der Waals surface area contributed by atoms with Crippen molar-refractivity contribution in [2.24, 2.45) is 0 Å². The van der Waals surface area contributed by atoms with Crippen molar-refractivity contribution in [1.82, 2.24) is 10.1 Å². The smallest absolute Gasteiger partial charge is 0.414 e. The molecule has 1 atom stereocenters. The molecule has 1 heterocycles. The fourth-order valence-corrected chi connectivity index (χ4v) is 4.11. The Morgan fingerprint density at radius 2 is 1.73 bits per heavy atom. The van der Waals surface area contributed by atoms with Crippen molar-refractivity contribution in [3.05, 3.63) is 71.4 Å². The van der Waals surface area contributed by atoms with Crippen LogP contribution < -0.4 is 5.32 Å². The minimum Gasteiger partial charge on any atom is -0.480 e. The van der Waals surface area contributed by atoms with Crippen molar-refractivity contribution >= 4 is 23.9 Å². The number of amides is 2. The highest BCUT2D eigenvalue weighted by atomic mass is 16.6. The van der Waals surface area contributed by atoms with Crippen LogP contribution in [0.25, 0.3) is 11.1 Å². The van der Waals surface area contributed by atoms with Crippen LogP contribution in [0.2, 0.25) is 0 Å². The van der Waals surface area contributed by atoms with E-state index in [9.17, 15) is 19.5 Å². The van der Waals surface area contributed by atoms with Crippen LogP contribution in [-0.4, -0.2) is 52.8 Å². The van der Waals surface area contributed by atoms with E-state index in [4.69, 9.17) is 9.26 Å². The summed E-state index contributed by atoms with van der Waals surface area (Å²) in [7, 11) is 1.37. The zero-order chi connectivity index (χ0) is 23.5. The van der Waals surface area contributed by atoms with E-state index >= 15 is 0 Å². The molecular formula is C24H23N3O6. The van der Waals surface area contributed by atoms with E-state index in [1.54, 1.807) is 6.92 Å². The van der Waals surface area contributed by atoms with Crippen LogP contribution >= 0.6 is 0 Å². The molecule has 1 aliphatic rings. The molecule has 0 bridgehead atoms. The third-order valence-corrected chi connectivity index (χ3v) is 5.76. The van der Waals surface area contributed by atoms with Gasteiger partial charge in [-0.3, -0.25) is 10.1 Å². The minimum atomic E-state index is -1.12. The molecule has 0 saturated carbocycles. The van der Waals surface area contributed by atoms with Gasteiger partial charge in [0.25, 0.3) is 5.91 Å². The summed E-state index contributed by atoms with van der Waals surface area (Å²) in [6.45, 7) is 1.79. The second-order valence-electron chi connectivity index (χ2n) is 7.71. The Morgan fingerprint density at radius 3 is 2.30 bits per heavy atom. The molecule has 0 fully saturated rings. The van der Waals surface area contributed by atoms with E-state index in [0.717, 1.165) is 27.2 Å². The average Bonchev–Trinajstić information content (AvgIpc) is 3.40. The number of nitrogens with one attached hydrogen (secondary N) is 1. The Bertz CT molecular complexity index is 1160. The van der Waals surface area contributed by atoms with Gasteiger partial charge in [-0.1, -0.05) is 60.6 Å².